The van der Waals surface area contributed by atoms with Gasteiger partial charge in [-0.15, -0.1) is 0 Å². The topological polar surface area (TPSA) is 129 Å². The lowest BCUT2D eigenvalue weighted by Gasteiger charge is -2.22. The first-order valence-electron chi connectivity index (χ1n) is 3.90. The number of hydrogen-bond donors (Lipinski definition) is 3. The molecule has 0 fully saturated rings. The van der Waals surface area contributed by atoms with Gasteiger partial charge in [-0.25, -0.2) is 0 Å². The van der Waals surface area contributed by atoms with Crippen LogP contribution in [0.2, 0.25) is 0 Å². The molecule has 0 aliphatic heterocycles. The van der Waals surface area contributed by atoms with Crippen molar-refractivity contribution in [3.05, 3.63) is 0 Å². The lowest BCUT2D eigenvalue weighted by atomic mass is 9.77. The number of Topliss-reactive ketones (excluding diaryl/α,β-unsaturated/α-hetero) is 1. The molecule has 0 spiro atoms. The van der Waals surface area contributed by atoms with E-state index in [-0.39, 0.29) is 0 Å². The van der Waals surface area contributed by atoms with Gasteiger partial charge in [0.05, 0.1) is 12.8 Å². The van der Waals surface area contributed by atoms with E-state index in [9.17, 15) is 19.2 Å². The van der Waals surface area contributed by atoms with Gasteiger partial charge in [-0.2, -0.15) is 0 Å². The Morgan fingerprint density at radius 2 is 1.27 bits per heavy atom. The van der Waals surface area contributed by atoms with Gasteiger partial charge in [-0.3, -0.25) is 19.2 Å². The maximum atomic E-state index is 11.1. The zero-order valence-electron chi connectivity index (χ0n) is 7.89. The standard InChI is InChI=1S/C8H10O7/c1-4(9)8(7(14)15,2-5(10)11)3-6(12)13/h2-3H2,1H3,(H,10,11)(H,12,13)(H,14,15). The highest BCUT2D eigenvalue weighted by Gasteiger charge is 2.47. The van der Waals surface area contributed by atoms with Crippen LogP contribution in [0.3, 0.4) is 0 Å². The molecule has 0 heterocycles. The van der Waals surface area contributed by atoms with Crippen molar-refractivity contribution in [1.29, 1.82) is 0 Å². The number of ketones is 1. The van der Waals surface area contributed by atoms with E-state index in [0.717, 1.165) is 6.92 Å². The fourth-order valence-corrected chi connectivity index (χ4v) is 1.13. The lowest BCUT2D eigenvalue weighted by Crippen LogP contribution is -2.41. The second kappa shape index (κ2) is 4.54. The smallest absolute Gasteiger partial charge is 0.318 e. The molecule has 0 saturated carbocycles. The monoisotopic (exact) mass is 218 g/mol. The molecule has 0 aliphatic rings. The number of carboxylic acid groups (broad SMARTS) is 3. The van der Waals surface area contributed by atoms with E-state index in [0.29, 0.717) is 0 Å². The summed E-state index contributed by atoms with van der Waals surface area (Å²) in [6.45, 7) is 0.861. The van der Waals surface area contributed by atoms with Gasteiger partial charge in [0.15, 0.2) is 0 Å². The molecule has 0 rings (SSSR count). The van der Waals surface area contributed by atoms with E-state index in [1.807, 2.05) is 0 Å². The zero-order valence-corrected chi connectivity index (χ0v) is 7.89. The summed E-state index contributed by atoms with van der Waals surface area (Å²) in [4.78, 5) is 42.7. The summed E-state index contributed by atoms with van der Waals surface area (Å²) in [5.74, 6) is -5.79. The van der Waals surface area contributed by atoms with Crippen molar-refractivity contribution in [2.45, 2.75) is 19.8 Å². The van der Waals surface area contributed by atoms with Crippen molar-refractivity contribution >= 4 is 23.7 Å². The van der Waals surface area contributed by atoms with Crippen LogP contribution in [0.1, 0.15) is 19.8 Å². The van der Waals surface area contributed by atoms with Gasteiger partial charge in [0.25, 0.3) is 0 Å². The second-order valence-corrected chi connectivity index (χ2v) is 3.08. The predicted molar refractivity (Wildman–Crippen MR) is 45.3 cm³/mol. The lowest BCUT2D eigenvalue weighted by molar-refractivity contribution is -0.165. The van der Waals surface area contributed by atoms with E-state index >= 15 is 0 Å². The molecule has 7 heteroatoms. The third-order valence-corrected chi connectivity index (χ3v) is 1.99. The average Bonchev–Trinajstić information content (AvgIpc) is 1.99. The highest BCUT2D eigenvalue weighted by Crippen LogP contribution is 2.28. The van der Waals surface area contributed by atoms with Crippen molar-refractivity contribution in [2.75, 3.05) is 0 Å². The maximum Gasteiger partial charge on any atom is 0.318 e. The minimum Gasteiger partial charge on any atom is -0.481 e. The Hall–Kier alpha value is -1.92. The molecule has 0 aromatic rings. The van der Waals surface area contributed by atoms with Gasteiger partial charge in [0.2, 0.25) is 0 Å². The number of carboxylic acids is 3. The predicted octanol–water partition coefficient (Wildman–Crippen LogP) is -0.404. The summed E-state index contributed by atoms with van der Waals surface area (Å²) >= 11 is 0. The summed E-state index contributed by atoms with van der Waals surface area (Å²) in [6, 6.07) is 0. The van der Waals surface area contributed by atoms with Crippen LogP contribution in [0.15, 0.2) is 0 Å². The second-order valence-electron chi connectivity index (χ2n) is 3.08. The minimum atomic E-state index is -2.38. The van der Waals surface area contributed by atoms with Crippen molar-refractivity contribution in [2.24, 2.45) is 5.41 Å². The number of carbonyl (C=O) groups excluding carboxylic acids is 1. The molecule has 0 aliphatic carbocycles. The number of aliphatic carboxylic acids is 3. The van der Waals surface area contributed by atoms with Gasteiger partial charge in [0, 0.05) is 0 Å². The van der Waals surface area contributed by atoms with Crippen LogP contribution in [0, 0.1) is 5.41 Å². The third kappa shape index (κ3) is 3.04. The molecule has 0 unspecified atom stereocenters. The van der Waals surface area contributed by atoms with Gasteiger partial charge in [0.1, 0.15) is 11.2 Å². The molecule has 84 valence electrons. The minimum absolute atomic E-state index is 0.861. The number of hydrogen-bond acceptors (Lipinski definition) is 4. The molecule has 7 nitrogen and oxygen atoms in total. The number of rotatable bonds is 6. The highest BCUT2D eigenvalue weighted by molar-refractivity contribution is 6.06. The summed E-state index contributed by atoms with van der Waals surface area (Å²) in [6.07, 6.45) is -2.08. The Morgan fingerprint density at radius 3 is 1.40 bits per heavy atom. The van der Waals surface area contributed by atoms with Crippen LogP contribution in [-0.4, -0.2) is 39.0 Å². The normalized spacial score (nSPS) is 10.7. The van der Waals surface area contributed by atoms with Gasteiger partial charge in [-0.1, -0.05) is 0 Å². The first-order valence-corrected chi connectivity index (χ1v) is 3.90. The third-order valence-electron chi connectivity index (χ3n) is 1.99. The highest BCUT2D eigenvalue weighted by atomic mass is 16.4. The van der Waals surface area contributed by atoms with Crippen molar-refractivity contribution in [3.63, 3.8) is 0 Å². The summed E-state index contributed by atoms with van der Waals surface area (Å²) in [7, 11) is 0. The van der Waals surface area contributed by atoms with Gasteiger partial charge in [-0.05, 0) is 6.92 Å². The van der Waals surface area contributed by atoms with E-state index < -0.39 is 41.9 Å². The fraction of sp³-hybridized carbons (Fsp3) is 0.500. The molecule has 0 amide bonds. The molecule has 0 saturated heterocycles. The summed E-state index contributed by atoms with van der Waals surface area (Å²) in [5.41, 5.74) is -2.38. The van der Waals surface area contributed by atoms with Gasteiger partial charge >= 0.3 is 17.9 Å². The van der Waals surface area contributed by atoms with E-state index in [2.05, 4.69) is 0 Å². The van der Waals surface area contributed by atoms with E-state index in [1.54, 1.807) is 0 Å². The first-order chi connectivity index (χ1) is 6.72. The molecule has 0 bridgehead atoms. The molecular weight excluding hydrogens is 208 g/mol. The van der Waals surface area contributed by atoms with Crippen LogP contribution < -0.4 is 0 Å². The van der Waals surface area contributed by atoms with Crippen LogP contribution >= 0.6 is 0 Å². The quantitative estimate of drug-likeness (QED) is 0.517. The maximum absolute atomic E-state index is 11.1. The number of carbonyl (C=O) groups is 4. The zero-order chi connectivity index (χ0) is 12.2. The van der Waals surface area contributed by atoms with Crippen molar-refractivity contribution < 1.29 is 34.5 Å². The van der Waals surface area contributed by atoms with Gasteiger partial charge < -0.3 is 15.3 Å². The van der Waals surface area contributed by atoms with Crippen LogP contribution in [-0.2, 0) is 19.2 Å². The van der Waals surface area contributed by atoms with Crippen molar-refractivity contribution in [1.82, 2.24) is 0 Å². The fourth-order valence-electron chi connectivity index (χ4n) is 1.13. The molecule has 15 heavy (non-hydrogen) atoms. The van der Waals surface area contributed by atoms with Crippen LogP contribution in [0.25, 0.3) is 0 Å². The Morgan fingerprint density at radius 1 is 0.933 bits per heavy atom. The largest absolute Gasteiger partial charge is 0.481 e. The van der Waals surface area contributed by atoms with E-state index in [4.69, 9.17) is 15.3 Å². The van der Waals surface area contributed by atoms with Crippen molar-refractivity contribution in [3.8, 4) is 0 Å². The average molecular weight is 218 g/mol. The molecule has 0 radical (unpaired) electrons. The Kier molecular flexibility index (Phi) is 3.96. The Bertz CT molecular complexity index is 285. The van der Waals surface area contributed by atoms with E-state index in [1.165, 1.54) is 0 Å². The van der Waals surface area contributed by atoms with Crippen LogP contribution in [0.4, 0.5) is 0 Å². The first kappa shape index (κ1) is 13.1. The molecular formula is C8H10O7. The summed E-state index contributed by atoms with van der Waals surface area (Å²) < 4.78 is 0. The summed E-state index contributed by atoms with van der Waals surface area (Å²) in [5, 5.41) is 25.6. The molecule has 0 atom stereocenters. The molecule has 0 aromatic heterocycles. The SMILES string of the molecule is CC(=O)C(CC(=O)O)(CC(=O)O)C(=O)O. The molecule has 3 N–H and O–H groups in total. The Balaban J connectivity index is 5.26. The van der Waals surface area contributed by atoms with Crippen LogP contribution in [0.5, 0.6) is 0 Å². The Labute approximate surface area is 84.3 Å². The molecule has 0 aromatic carbocycles.